The molecule has 4 N–H and O–H groups in total. The molecule has 5 aromatic rings. The largest absolute Gasteiger partial charge is 0.490 e. The number of hydrogen-bond donors (Lipinski definition) is 4. The molecule has 12 heteroatoms. The minimum Gasteiger partial charge on any atom is -0.423 e. The highest BCUT2D eigenvalue weighted by molar-refractivity contribution is 7.00. The minimum absolute atomic E-state index is 0.346. The van der Waals surface area contributed by atoms with Crippen LogP contribution in [0.1, 0.15) is 230 Å². The molecule has 8 nitrogen and oxygen atoms in total. The number of benzene rings is 3. The first-order chi connectivity index (χ1) is 31.3. The molecule has 0 bridgehead atoms. The van der Waals surface area contributed by atoms with E-state index in [0.29, 0.717) is 22.0 Å². The maximum Gasteiger partial charge on any atom is 0.490 e. The lowest BCUT2D eigenvalue weighted by atomic mass is 9.67. The summed E-state index contributed by atoms with van der Waals surface area (Å²) in [4.78, 5) is 0. The fourth-order valence-corrected chi connectivity index (χ4v) is 13.0. The van der Waals surface area contributed by atoms with Crippen LogP contribution in [-0.2, 0) is 10.8 Å². The van der Waals surface area contributed by atoms with Crippen molar-refractivity contribution < 1.29 is 20.1 Å². The summed E-state index contributed by atoms with van der Waals surface area (Å²) in [5, 5.41) is 43.8. The molecule has 0 unspecified atom stereocenters. The number of fused-ring (bicyclic) bond motifs is 10. The molecule has 2 aromatic heterocycles. The third kappa shape index (κ3) is 10.1. The summed E-state index contributed by atoms with van der Waals surface area (Å²) < 4.78 is 19.4. The summed E-state index contributed by atoms with van der Waals surface area (Å²) in [6.45, 7) is 9.10. The van der Waals surface area contributed by atoms with Gasteiger partial charge in [-0.05, 0) is 71.2 Å². The van der Waals surface area contributed by atoms with Gasteiger partial charge in [0.25, 0.3) is 0 Å². The topological polar surface area (TPSA) is 132 Å². The van der Waals surface area contributed by atoms with Crippen molar-refractivity contribution in [3.63, 3.8) is 0 Å². The van der Waals surface area contributed by atoms with Crippen LogP contribution in [0.4, 0.5) is 0 Å². The van der Waals surface area contributed by atoms with Crippen molar-refractivity contribution >= 4 is 70.7 Å². The van der Waals surface area contributed by atoms with Gasteiger partial charge in [0.05, 0.1) is 23.5 Å². The Morgan fingerprint density at radius 3 is 0.953 bits per heavy atom. The molecule has 2 heterocycles. The zero-order chi connectivity index (χ0) is 45.1. The van der Waals surface area contributed by atoms with Crippen molar-refractivity contribution in [1.29, 1.82) is 0 Å². The fourth-order valence-electron chi connectivity index (χ4n) is 11.9. The quantitative estimate of drug-likeness (QED) is 0.0265. The predicted octanol–water partition coefficient (Wildman–Crippen LogP) is 12.6. The Bertz CT molecular complexity index is 2090. The first-order valence-corrected chi connectivity index (χ1v) is 27.2. The third-order valence-corrected chi connectivity index (χ3v) is 16.3. The molecule has 0 atom stereocenters. The maximum atomic E-state index is 11.0. The highest BCUT2D eigenvalue weighted by atomic mass is 32.1. The van der Waals surface area contributed by atoms with Gasteiger partial charge in [0.15, 0.2) is 0 Å². The van der Waals surface area contributed by atoms with E-state index in [1.807, 2.05) is 0 Å². The smallest absolute Gasteiger partial charge is 0.423 e. The Morgan fingerprint density at radius 2 is 0.656 bits per heavy atom. The summed E-state index contributed by atoms with van der Waals surface area (Å²) in [5.74, 6) is 0. The second kappa shape index (κ2) is 23.3. The van der Waals surface area contributed by atoms with Crippen LogP contribution in [0, 0.1) is 0 Å². The van der Waals surface area contributed by atoms with Crippen LogP contribution in [-0.4, -0.2) is 51.8 Å². The number of unbranched alkanes of at least 4 members (excludes halogenated alkanes) is 20. The molecule has 0 spiro atoms. The Hall–Kier alpha value is -2.73. The number of nitrogens with zero attached hydrogens (tertiary/aromatic N) is 4. The molecular weight excluding hydrogens is 830 g/mol. The van der Waals surface area contributed by atoms with E-state index in [2.05, 4.69) is 52.0 Å². The SMILES string of the molecule is CCCCCCCCC1(CCCCCCCC)c2cc3c(cc2-c2c1cc(B(O)O)c1nsnc21)C(CCCCCCCC)(CCCCCCCC)c1cc(B(O)O)c2nsnc2c1-3. The number of rotatable bonds is 30. The van der Waals surface area contributed by atoms with E-state index in [4.69, 9.17) is 17.5 Å². The third-order valence-electron chi connectivity index (χ3n) is 15.3. The van der Waals surface area contributed by atoms with Crippen LogP contribution < -0.4 is 10.9 Å². The van der Waals surface area contributed by atoms with Crippen LogP contribution in [0.15, 0.2) is 24.3 Å². The van der Waals surface area contributed by atoms with E-state index in [9.17, 15) is 20.1 Å². The van der Waals surface area contributed by atoms with Crippen molar-refractivity contribution in [2.75, 3.05) is 0 Å². The molecule has 2 aliphatic rings. The van der Waals surface area contributed by atoms with Gasteiger partial charge in [0.2, 0.25) is 0 Å². The maximum absolute atomic E-state index is 11.0. The molecule has 0 radical (unpaired) electrons. The molecule has 64 heavy (non-hydrogen) atoms. The standard InChI is InChI=1S/C52H76B2N4O4S2/c1-5-9-13-17-21-25-29-51(30-26-22-18-14-10-6-2)39-33-38-40(34-37(39)45-41(51)35-43(53(59)60)47-49(45)57-63-55-47)52(31-27-23-19-15-11-7-3,32-28-24-20-16-12-8-4)42-36-44(54(61)62)48-50(46(38)42)58-64-56-48/h33-36,59-62H,5-32H2,1-4H3. The Labute approximate surface area is 393 Å². The molecule has 0 saturated carbocycles. The lowest BCUT2D eigenvalue weighted by molar-refractivity contribution is 0.394. The first-order valence-electron chi connectivity index (χ1n) is 25.8. The van der Waals surface area contributed by atoms with Crippen LogP contribution in [0.3, 0.4) is 0 Å². The molecule has 3 aromatic carbocycles. The van der Waals surface area contributed by atoms with Crippen molar-refractivity contribution in [1.82, 2.24) is 17.5 Å². The molecule has 0 fully saturated rings. The number of aromatic nitrogens is 4. The first kappa shape index (κ1) is 49.2. The predicted molar refractivity (Wildman–Crippen MR) is 272 cm³/mol. The molecule has 0 saturated heterocycles. The normalized spacial score (nSPS) is 14.4. The summed E-state index contributed by atoms with van der Waals surface area (Å²) >= 11 is 2.32. The monoisotopic (exact) mass is 907 g/mol. The van der Waals surface area contributed by atoms with Gasteiger partial charge in [-0.3, -0.25) is 0 Å². The Balaban J connectivity index is 1.46. The molecule has 7 rings (SSSR count). The van der Waals surface area contributed by atoms with Gasteiger partial charge in [0.1, 0.15) is 22.1 Å². The van der Waals surface area contributed by atoms with E-state index >= 15 is 0 Å². The van der Waals surface area contributed by atoms with Crippen LogP contribution in [0.5, 0.6) is 0 Å². The van der Waals surface area contributed by atoms with Gasteiger partial charge in [-0.25, -0.2) is 0 Å². The van der Waals surface area contributed by atoms with E-state index in [0.717, 1.165) is 97.0 Å². The van der Waals surface area contributed by atoms with Gasteiger partial charge in [-0.1, -0.05) is 194 Å². The Kier molecular flexibility index (Phi) is 17.9. The second-order valence-electron chi connectivity index (χ2n) is 19.6. The van der Waals surface area contributed by atoms with Gasteiger partial charge in [0, 0.05) is 32.9 Å². The lowest BCUT2D eigenvalue weighted by Crippen LogP contribution is -2.34. The van der Waals surface area contributed by atoms with Crippen LogP contribution >= 0.6 is 23.5 Å². The van der Waals surface area contributed by atoms with E-state index in [-0.39, 0.29) is 10.8 Å². The molecule has 2 aliphatic carbocycles. The molecular formula is C52H76B2N4O4S2. The van der Waals surface area contributed by atoms with Crippen LogP contribution in [0.25, 0.3) is 44.3 Å². The van der Waals surface area contributed by atoms with E-state index < -0.39 is 14.2 Å². The van der Waals surface area contributed by atoms with Crippen molar-refractivity contribution in [2.45, 2.75) is 218 Å². The second-order valence-corrected chi connectivity index (χ2v) is 20.7. The molecule has 0 amide bonds. The zero-order valence-corrected chi connectivity index (χ0v) is 41.3. The minimum atomic E-state index is -1.65. The van der Waals surface area contributed by atoms with E-state index in [1.165, 1.54) is 162 Å². The summed E-state index contributed by atoms with van der Waals surface area (Å²) in [6.07, 6.45) is 32.8. The number of hydrogen-bond acceptors (Lipinski definition) is 10. The molecule has 346 valence electrons. The van der Waals surface area contributed by atoms with E-state index in [1.54, 1.807) is 0 Å². The summed E-state index contributed by atoms with van der Waals surface area (Å²) in [5.41, 5.74) is 12.7. The highest BCUT2D eigenvalue weighted by Crippen LogP contribution is 2.62. The molecule has 0 aliphatic heterocycles. The lowest BCUT2D eigenvalue weighted by Gasteiger charge is -2.35. The van der Waals surface area contributed by atoms with Gasteiger partial charge < -0.3 is 20.1 Å². The van der Waals surface area contributed by atoms with Gasteiger partial charge >= 0.3 is 14.2 Å². The zero-order valence-electron chi connectivity index (χ0n) is 39.7. The fraction of sp³-hybridized carbons (Fsp3) is 0.654. The summed E-state index contributed by atoms with van der Waals surface area (Å²) in [6, 6.07) is 9.29. The summed E-state index contributed by atoms with van der Waals surface area (Å²) in [7, 11) is -3.30. The Morgan fingerprint density at radius 1 is 0.375 bits per heavy atom. The average molecular weight is 907 g/mol. The average Bonchev–Trinajstić information content (AvgIpc) is 4.08. The van der Waals surface area contributed by atoms with Crippen molar-refractivity contribution in [3.8, 4) is 22.3 Å². The van der Waals surface area contributed by atoms with Gasteiger partial charge in [-0.2, -0.15) is 17.5 Å². The van der Waals surface area contributed by atoms with Crippen molar-refractivity contribution in [3.05, 3.63) is 46.5 Å². The van der Waals surface area contributed by atoms with Crippen LogP contribution in [0.2, 0.25) is 0 Å². The highest BCUT2D eigenvalue weighted by Gasteiger charge is 2.50. The van der Waals surface area contributed by atoms with Gasteiger partial charge in [-0.15, -0.1) is 0 Å². The van der Waals surface area contributed by atoms with Crippen molar-refractivity contribution in [2.24, 2.45) is 0 Å².